The molecule has 3 nitrogen and oxygen atoms in total. The van der Waals surface area contributed by atoms with E-state index in [1.54, 1.807) is 31.6 Å². The van der Waals surface area contributed by atoms with Gasteiger partial charge in [0.1, 0.15) is 0 Å². The van der Waals surface area contributed by atoms with Crippen LogP contribution in [0.25, 0.3) is 0 Å². The summed E-state index contributed by atoms with van der Waals surface area (Å²) in [7, 11) is 1.78. The molecule has 1 rings (SSSR count). The first-order valence-corrected chi connectivity index (χ1v) is 3.15. The van der Waals surface area contributed by atoms with Gasteiger partial charge in [0.05, 0.1) is 0 Å². The maximum absolute atomic E-state index is 9.48. The van der Waals surface area contributed by atoms with Crippen LogP contribution in [0.5, 0.6) is 0 Å². The van der Waals surface area contributed by atoms with Gasteiger partial charge in [0.2, 0.25) is 0 Å². The zero-order chi connectivity index (χ0) is 7.78. The number of aromatic nitrogens is 2. The normalized spacial score (nSPS) is 10.0. The molecule has 0 aliphatic rings. The van der Waals surface area contributed by atoms with E-state index in [0.29, 0.717) is 0 Å². The van der Waals surface area contributed by atoms with E-state index in [2.05, 4.69) is 11.3 Å². The number of hydrogen-bond donors (Lipinski definition) is 1. The topological polar surface area (TPSA) is 38.0 Å². The van der Waals surface area contributed by atoms with Gasteiger partial charge < -0.3 is 22.3 Å². The van der Waals surface area contributed by atoms with Crippen molar-refractivity contribution in [1.82, 2.24) is 9.78 Å². The molecule has 1 aromatic rings. The first-order valence-electron chi connectivity index (χ1n) is 3.15. The molecule has 0 fully saturated rings. The Hall–Kier alpha value is 0.806. The van der Waals surface area contributed by atoms with E-state index in [0.717, 1.165) is 5.69 Å². The van der Waals surface area contributed by atoms with Crippen LogP contribution in [-0.2, 0) is 12.6 Å². The molecular formula is C8H14KN2O-. The quantitative estimate of drug-likeness (QED) is 0.410. The Balaban J connectivity index is 0. The number of aliphatic hydroxyl groups is 1. The fourth-order valence-electron chi connectivity index (χ4n) is 0.896. The zero-order valence-corrected chi connectivity index (χ0v) is 11.5. The monoisotopic (exact) mass is 193 g/mol. The molecule has 0 spiro atoms. The third kappa shape index (κ3) is 3.68. The minimum Gasteiger partial charge on any atom is -0.402 e. The average Bonchev–Trinajstić information content (AvgIpc) is 2.11. The molecule has 64 valence electrons. The van der Waals surface area contributed by atoms with Crippen molar-refractivity contribution in [2.24, 2.45) is 7.05 Å². The molecule has 0 aliphatic heterocycles. The van der Waals surface area contributed by atoms with Gasteiger partial charge in [-0.3, -0.25) is 0 Å². The van der Waals surface area contributed by atoms with E-state index in [9.17, 15) is 5.11 Å². The number of nitrogens with zero attached hydrogens (tertiary/aromatic N) is 2. The fraction of sp³-hybridized carbons (Fsp3) is 0.500. The van der Waals surface area contributed by atoms with Crippen molar-refractivity contribution in [1.29, 1.82) is 0 Å². The predicted molar refractivity (Wildman–Crippen MR) is 43.7 cm³/mol. The molecule has 0 saturated heterocycles. The van der Waals surface area contributed by atoms with Gasteiger partial charge in [-0.05, 0) is 13.8 Å². The predicted octanol–water partition coefficient (Wildman–Crippen LogP) is -2.10. The maximum Gasteiger partial charge on any atom is 1.00 e. The van der Waals surface area contributed by atoms with E-state index >= 15 is 0 Å². The summed E-state index contributed by atoms with van der Waals surface area (Å²) in [5.74, 6) is 0. The van der Waals surface area contributed by atoms with Crippen LogP contribution in [0.4, 0.5) is 0 Å². The average molecular weight is 193 g/mol. The van der Waals surface area contributed by atoms with Crippen molar-refractivity contribution in [3.8, 4) is 0 Å². The third-order valence-electron chi connectivity index (χ3n) is 1.38. The Morgan fingerprint density at radius 3 is 2.25 bits per heavy atom. The van der Waals surface area contributed by atoms with Gasteiger partial charge in [-0.2, -0.15) is 6.07 Å². The molecule has 0 saturated carbocycles. The van der Waals surface area contributed by atoms with Gasteiger partial charge in [-0.1, -0.05) is 5.69 Å². The summed E-state index contributed by atoms with van der Waals surface area (Å²) in [5, 5.41) is 13.3. The summed E-state index contributed by atoms with van der Waals surface area (Å²) < 4.78 is 1.61. The van der Waals surface area contributed by atoms with E-state index in [4.69, 9.17) is 0 Å². The second-order valence-corrected chi connectivity index (χ2v) is 2.84. The maximum atomic E-state index is 9.48. The van der Waals surface area contributed by atoms with Crippen LogP contribution in [-0.4, -0.2) is 14.9 Å². The van der Waals surface area contributed by atoms with Gasteiger partial charge in [0.15, 0.2) is 0 Å². The van der Waals surface area contributed by atoms with E-state index in [1.807, 2.05) is 0 Å². The molecule has 0 unspecified atom stereocenters. The molecule has 12 heavy (non-hydrogen) atoms. The van der Waals surface area contributed by atoms with Crippen molar-refractivity contribution in [2.45, 2.75) is 19.4 Å². The van der Waals surface area contributed by atoms with Crippen LogP contribution in [0, 0.1) is 13.6 Å². The fourth-order valence-corrected chi connectivity index (χ4v) is 0.896. The Kier molecular flexibility index (Phi) is 7.03. The van der Waals surface area contributed by atoms with Gasteiger partial charge in [0, 0.05) is 12.6 Å². The van der Waals surface area contributed by atoms with Crippen LogP contribution in [0.3, 0.4) is 0 Å². The van der Waals surface area contributed by atoms with E-state index < -0.39 is 5.60 Å². The molecule has 0 aliphatic carbocycles. The van der Waals surface area contributed by atoms with Crippen LogP contribution in [0.1, 0.15) is 19.5 Å². The smallest absolute Gasteiger partial charge is 0.402 e. The number of aryl methyl sites for hydroxylation is 1. The minimum absolute atomic E-state index is 0. The minimum atomic E-state index is -0.818. The number of hydrogen-bond acceptors (Lipinski definition) is 2. The zero-order valence-electron chi connectivity index (χ0n) is 8.42. The van der Waals surface area contributed by atoms with Gasteiger partial charge in [-0.25, -0.2) is 0 Å². The summed E-state index contributed by atoms with van der Waals surface area (Å²) in [5.41, 5.74) is -0.0469. The second kappa shape index (κ2) is 5.52. The molecule has 1 N–H and O–H groups in total. The third-order valence-corrected chi connectivity index (χ3v) is 1.38. The molecule has 1 heterocycles. The first-order chi connectivity index (χ1) is 4.52. The van der Waals surface area contributed by atoms with Crippen molar-refractivity contribution in [3.05, 3.63) is 25.4 Å². The summed E-state index contributed by atoms with van der Waals surface area (Å²) in [6.45, 7) is 3.44. The van der Waals surface area contributed by atoms with E-state index in [-0.39, 0.29) is 58.8 Å². The Morgan fingerprint density at radius 2 is 2.08 bits per heavy atom. The van der Waals surface area contributed by atoms with E-state index in [1.165, 1.54) is 0 Å². The SMILES string of the molecule is Cn1n[c-]cc1C(C)(C)O.[CH3-].[K+]. The van der Waals surface area contributed by atoms with Crippen LogP contribution >= 0.6 is 0 Å². The molecule has 0 aromatic carbocycles. The van der Waals surface area contributed by atoms with Gasteiger partial charge in [-0.15, -0.1) is 6.20 Å². The molecule has 4 heteroatoms. The summed E-state index contributed by atoms with van der Waals surface area (Å²) >= 11 is 0. The summed E-state index contributed by atoms with van der Waals surface area (Å²) in [6.07, 6.45) is 2.66. The van der Waals surface area contributed by atoms with Crippen LogP contribution in [0.2, 0.25) is 0 Å². The van der Waals surface area contributed by atoms with Gasteiger partial charge in [0.25, 0.3) is 0 Å². The van der Waals surface area contributed by atoms with Crippen LogP contribution in [0.15, 0.2) is 6.07 Å². The second-order valence-electron chi connectivity index (χ2n) is 2.84. The molecule has 0 bridgehead atoms. The first kappa shape index (κ1) is 15.3. The van der Waals surface area contributed by atoms with Crippen molar-refractivity contribution < 1.29 is 56.5 Å². The molecule has 0 atom stereocenters. The Morgan fingerprint density at radius 1 is 1.58 bits per heavy atom. The van der Waals surface area contributed by atoms with Crippen molar-refractivity contribution in [2.75, 3.05) is 0 Å². The van der Waals surface area contributed by atoms with Crippen molar-refractivity contribution in [3.63, 3.8) is 0 Å². The largest absolute Gasteiger partial charge is 1.00 e. The number of rotatable bonds is 1. The molecular weight excluding hydrogens is 179 g/mol. The Labute approximate surface area is 117 Å². The molecule has 1 aromatic heterocycles. The van der Waals surface area contributed by atoms with Crippen LogP contribution < -0.4 is 51.4 Å². The molecule has 0 amide bonds. The summed E-state index contributed by atoms with van der Waals surface area (Å²) in [4.78, 5) is 0. The Bertz CT molecular complexity index is 227. The molecule has 0 radical (unpaired) electrons. The summed E-state index contributed by atoms with van der Waals surface area (Å²) in [6, 6.07) is 1.68. The van der Waals surface area contributed by atoms with Crippen molar-refractivity contribution >= 4 is 0 Å². The standard InChI is InChI=1S/C7H11N2O.CH3.K/c1-7(2,10)6-4-5-8-9(6)3;;/h4,10H,1-3H3;1H3;/q2*-1;+1. The van der Waals surface area contributed by atoms with Gasteiger partial charge >= 0.3 is 51.4 Å².